The summed E-state index contributed by atoms with van der Waals surface area (Å²) in [5.41, 5.74) is 2.24. The summed E-state index contributed by atoms with van der Waals surface area (Å²) in [5, 5.41) is 7.42. The highest BCUT2D eigenvalue weighted by atomic mass is 16.2. The Morgan fingerprint density at radius 1 is 1.24 bits per heavy atom. The van der Waals surface area contributed by atoms with Crippen molar-refractivity contribution in [3.05, 3.63) is 36.0 Å². The third kappa shape index (κ3) is 3.54. The van der Waals surface area contributed by atoms with Crippen molar-refractivity contribution in [3.8, 4) is 0 Å². The van der Waals surface area contributed by atoms with E-state index in [0.717, 1.165) is 30.5 Å². The van der Waals surface area contributed by atoms with Gasteiger partial charge in [-0.3, -0.25) is 9.59 Å². The Hall–Kier alpha value is -2.34. The Labute approximate surface area is 147 Å². The highest BCUT2D eigenvalue weighted by Crippen LogP contribution is 2.21. The van der Waals surface area contributed by atoms with Gasteiger partial charge >= 0.3 is 0 Å². The number of nitrogens with zero attached hydrogens (tertiary/aromatic N) is 1. The molecule has 25 heavy (non-hydrogen) atoms. The van der Waals surface area contributed by atoms with Gasteiger partial charge in [0.25, 0.3) is 0 Å². The molecule has 1 unspecified atom stereocenters. The average molecular weight is 340 g/mol. The fraction of sp³-hybridized carbons (Fsp3) is 0.474. The van der Waals surface area contributed by atoms with E-state index < -0.39 is 0 Å². The lowest BCUT2D eigenvalue weighted by Crippen LogP contribution is -2.59. The zero-order valence-corrected chi connectivity index (χ0v) is 14.3. The number of para-hydroxylation sites is 1. The molecule has 2 heterocycles. The molecule has 2 aliphatic rings. The minimum Gasteiger partial charge on any atom is -0.361 e. The number of aromatic amines is 1. The summed E-state index contributed by atoms with van der Waals surface area (Å²) in [6, 6.07) is 8.05. The molecule has 2 amide bonds. The Morgan fingerprint density at radius 3 is 2.92 bits per heavy atom. The lowest BCUT2D eigenvalue weighted by Gasteiger charge is -2.35. The quantitative estimate of drug-likeness (QED) is 0.765. The van der Waals surface area contributed by atoms with Crippen molar-refractivity contribution in [2.45, 2.75) is 37.8 Å². The highest BCUT2D eigenvalue weighted by Gasteiger charge is 2.34. The van der Waals surface area contributed by atoms with Crippen molar-refractivity contribution in [3.63, 3.8) is 0 Å². The predicted molar refractivity (Wildman–Crippen MR) is 96.2 cm³/mol. The maximum Gasteiger partial charge on any atom is 0.244 e. The van der Waals surface area contributed by atoms with Gasteiger partial charge in [0.05, 0.1) is 0 Å². The van der Waals surface area contributed by atoms with Crippen LogP contribution in [0.1, 0.15) is 24.8 Å². The van der Waals surface area contributed by atoms with Crippen LogP contribution >= 0.6 is 0 Å². The molecular weight excluding hydrogens is 316 g/mol. The van der Waals surface area contributed by atoms with Crippen LogP contribution in [0, 0.1) is 0 Å². The maximum atomic E-state index is 12.8. The maximum absolute atomic E-state index is 12.8. The van der Waals surface area contributed by atoms with Crippen molar-refractivity contribution in [1.82, 2.24) is 20.5 Å². The number of amides is 2. The minimum atomic E-state index is -0.384. The van der Waals surface area contributed by atoms with Gasteiger partial charge in [0.15, 0.2) is 0 Å². The van der Waals surface area contributed by atoms with E-state index in [2.05, 4.69) is 21.7 Å². The Balaban J connectivity index is 1.40. The van der Waals surface area contributed by atoms with Crippen LogP contribution in [0.25, 0.3) is 10.9 Å². The fourth-order valence-electron chi connectivity index (χ4n) is 3.49. The minimum absolute atomic E-state index is 0.0184. The summed E-state index contributed by atoms with van der Waals surface area (Å²) < 4.78 is 0. The zero-order valence-electron chi connectivity index (χ0n) is 14.3. The summed E-state index contributed by atoms with van der Waals surface area (Å²) in [4.78, 5) is 30.2. The van der Waals surface area contributed by atoms with Crippen molar-refractivity contribution in [2.75, 3.05) is 19.6 Å². The molecule has 2 aromatic rings. The normalized spacial score (nSPS) is 20.6. The first-order valence-electron chi connectivity index (χ1n) is 9.08. The molecule has 1 aliphatic heterocycles. The number of hydrogen-bond donors (Lipinski definition) is 3. The van der Waals surface area contributed by atoms with Crippen LogP contribution in [0.2, 0.25) is 0 Å². The zero-order chi connectivity index (χ0) is 17.2. The summed E-state index contributed by atoms with van der Waals surface area (Å²) in [6.07, 6.45) is 5.20. The SMILES string of the molecule is O=C(NC1CC1)C1CNCCN1C(=O)CCc1c[nH]c2ccccc12. The first-order valence-corrected chi connectivity index (χ1v) is 9.08. The summed E-state index contributed by atoms with van der Waals surface area (Å²) >= 11 is 0. The van der Waals surface area contributed by atoms with Crippen LogP contribution in [-0.2, 0) is 16.0 Å². The third-order valence-corrected chi connectivity index (χ3v) is 5.07. The number of carbonyl (C=O) groups excluding carboxylic acids is 2. The van der Waals surface area contributed by atoms with Crippen LogP contribution < -0.4 is 10.6 Å². The van der Waals surface area contributed by atoms with E-state index >= 15 is 0 Å². The predicted octanol–water partition coefficient (Wildman–Crippen LogP) is 1.18. The second-order valence-electron chi connectivity index (χ2n) is 6.95. The molecule has 132 valence electrons. The van der Waals surface area contributed by atoms with Crippen LogP contribution in [0.3, 0.4) is 0 Å². The number of aromatic nitrogens is 1. The van der Waals surface area contributed by atoms with E-state index in [1.54, 1.807) is 4.90 Å². The van der Waals surface area contributed by atoms with Crippen LogP contribution in [0.15, 0.2) is 30.5 Å². The highest BCUT2D eigenvalue weighted by molar-refractivity contribution is 5.89. The van der Waals surface area contributed by atoms with Crippen LogP contribution in [-0.4, -0.2) is 53.4 Å². The molecule has 0 bridgehead atoms. The number of benzene rings is 1. The van der Waals surface area contributed by atoms with Gasteiger partial charge in [0.1, 0.15) is 6.04 Å². The van der Waals surface area contributed by atoms with E-state index in [0.29, 0.717) is 32.0 Å². The third-order valence-electron chi connectivity index (χ3n) is 5.07. The topological polar surface area (TPSA) is 77.2 Å². The first kappa shape index (κ1) is 16.1. The van der Waals surface area contributed by atoms with Gasteiger partial charge in [0.2, 0.25) is 11.8 Å². The number of H-pyrrole nitrogens is 1. The van der Waals surface area contributed by atoms with Gasteiger partial charge in [-0.2, -0.15) is 0 Å². The Bertz CT molecular complexity index is 781. The van der Waals surface area contributed by atoms with E-state index in [4.69, 9.17) is 0 Å². The molecule has 6 heteroatoms. The molecule has 1 atom stereocenters. The monoisotopic (exact) mass is 340 g/mol. The van der Waals surface area contributed by atoms with Crippen molar-refractivity contribution in [2.24, 2.45) is 0 Å². The molecule has 2 fully saturated rings. The van der Waals surface area contributed by atoms with E-state index in [1.165, 1.54) is 5.39 Å². The van der Waals surface area contributed by atoms with Crippen molar-refractivity contribution < 1.29 is 9.59 Å². The van der Waals surface area contributed by atoms with Gasteiger partial charge in [-0.05, 0) is 30.9 Å². The lowest BCUT2D eigenvalue weighted by molar-refractivity contribution is -0.141. The fourth-order valence-corrected chi connectivity index (χ4v) is 3.49. The molecular formula is C19H24N4O2. The second kappa shape index (κ2) is 6.88. The number of piperazine rings is 1. The molecule has 3 N–H and O–H groups in total. The molecule has 1 saturated carbocycles. The van der Waals surface area contributed by atoms with Crippen molar-refractivity contribution >= 4 is 22.7 Å². The Morgan fingerprint density at radius 2 is 2.08 bits per heavy atom. The first-order chi connectivity index (χ1) is 12.2. The summed E-state index contributed by atoms with van der Waals surface area (Å²) in [6.45, 7) is 1.87. The number of aryl methyl sites for hydroxylation is 1. The largest absolute Gasteiger partial charge is 0.361 e. The van der Waals surface area contributed by atoms with Gasteiger partial charge < -0.3 is 20.5 Å². The molecule has 0 spiro atoms. The molecule has 1 aliphatic carbocycles. The smallest absolute Gasteiger partial charge is 0.244 e. The number of carbonyl (C=O) groups is 2. The van der Waals surface area contributed by atoms with Crippen LogP contribution in [0.5, 0.6) is 0 Å². The van der Waals surface area contributed by atoms with E-state index in [9.17, 15) is 9.59 Å². The number of hydrogen-bond acceptors (Lipinski definition) is 3. The summed E-state index contributed by atoms with van der Waals surface area (Å²) in [5.74, 6) is 0.0397. The molecule has 1 aromatic heterocycles. The van der Waals surface area contributed by atoms with Crippen LogP contribution in [0.4, 0.5) is 0 Å². The molecule has 1 aromatic carbocycles. The number of fused-ring (bicyclic) bond motifs is 1. The molecule has 1 saturated heterocycles. The number of rotatable bonds is 5. The van der Waals surface area contributed by atoms with Gasteiger partial charge in [-0.25, -0.2) is 0 Å². The second-order valence-corrected chi connectivity index (χ2v) is 6.95. The average Bonchev–Trinajstić information content (AvgIpc) is 3.36. The molecule has 0 radical (unpaired) electrons. The standard InChI is InChI=1S/C19H24N4O2/c24-18(8-5-13-11-21-16-4-2-1-3-15(13)16)23-10-9-20-12-17(23)19(25)22-14-6-7-14/h1-4,11,14,17,20-21H,5-10,12H2,(H,22,25). The lowest BCUT2D eigenvalue weighted by atomic mass is 10.1. The number of nitrogens with one attached hydrogen (secondary N) is 3. The van der Waals surface area contributed by atoms with E-state index in [-0.39, 0.29) is 17.9 Å². The Kier molecular flexibility index (Phi) is 4.44. The summed E-state index contributed by atoms with van der Waals surface area (Å²) in [7, 11) is 0. The molecule has 4 rings (SSSR count). The van der Waals surface area contributed by atoms with Gasteiger partial charge in [-0.1, -0.05) is 18.2 Å². The van der Waals surface area contributed by atoms with Gasteiger partial charge in [-0.15, -0.1) is 0 Å². The molecule has 6 nitrogen and oxygen atoms in total. The van der Waals surface area contributed by atoms with Crippen molar-refractivity contribution in [1.29, 1.82) is 0 Å². The van der Waals surface area contributed by atoms with E-state index in [1.807, 2.05) is 24.4 Å². The van der Waals surface area contributed by atoms with Gasteiger partial charge in [0, 0.05) is 49.2 Å².